The molecule has 106 valence electrons. The minimum absolute atomic E-state index is 0.218. The van der Waals surface area contributed by atoms with Crippen LogP contribution in [0.25, 0.3) is 0 Å². The molecule has 0 spiro atoms. The fraction of sp³-hybridized carbons (Fsp3) is 0.714. The highest BCUT2D eigenvalue weighted by molar-refractivity contribution is 7.13. The molecule has 2 rings (SSSR count). The highest BCUT2D eigenvalue weighted by atomic mass is 32.1. The molecule has 1 fully saturated rings. The van der Waals surface area contributed by atoms with Crippen LogP contribution in [-0.2, 0) is 12.0 Å². The summed E-state index contributed by atoms with van der Waals surface area (Å²) in [5, 5.41) is 10.2. The van der Waals surface area contributed by atoms with Crippen molar-refractivity contribution in [3.63, 3.8) is 0 Å². The Kier molecular flexibility index (Phi) is 4.26. The molecule has 19 heavy (non-hydrogen) atoms. The molecular formula is C14H22N2O2S. The van der Waals surface area contributed by atoms with Crippen molar-refractivity contribution in [3.8, 4) is 0 Å². The predicted octanol–water partition coefficient (Wildman–Crippen LogP) is 3.12. The average molecular weight is 282 g/mol. The summed E-state index contributed by atoms with van der Waals surface area (Å²) < 4.78 is 0. The van der Waals surface area contributed by atoms with Crippen LogP contribution in [-0.4, -0.2) is 34.0 Å². The monoisotopic (exact) mass is 282 g/mol. The molecule has 0 bridgehead atoms. The van der Waals surface area contributed by atoms with Gasteiger partial charge in [0.2, 0.25) is 0 Å². The number of thiazole rings is 1. The number of piperidine rings is 1. The van der Waals surface area contributed by atoms with Crippen molar-refractivity contribution in [2.24, 2.45) is 0 Å². The van der Waals surface area contributed by atoms with Gasteiger partial charge in [-0.2, -0.15) is 0 Å². The highest BCUT2D eigenvalue weighted by Gasteiger charge is 2.27. The Balaban J connectivity index is 2.20. The summed E-state index contributed by atoms with van der Waals surface area (Å²) in [4.78, 5) is 18.7. The quantitative estimate of drug-likeness (QED) is 0.925. The Morgan fingerprint density at radius 2 is 1.95 bits per heavy atom. The number of likely N-dealkylation sites (tertiary alicyclic amines) is 1. The lowest BCUT2D eigenvalue weighted by Crippen LogP contribution is -2.29. The van der Waals surface area contributed by atoms with Gasteiger partial charge in [0.1, 0.15) is 9.88 Å². The average Bonchev–Trinajstić information content (AvgIpc) is 2.74. The lowest BCUT2D eigenvalue weighted by atomic mass is 9.91. The van der Waals surface area contributed by atoms with Crippen LogP contribution in [0.1, 0.15) is 60.4 Å². The highest BCUT2D eigenvalue weighted by Crippen LogP contribution is 2.30. The summed E-state index contributed by atoms with van der Waals surface area (Å²) in [6.45, 7) is 9.04. The van der Waals surface area contributed by atoms with E-state index >= 15 is 0 Å². The Bertz CT molecular complexity index is 457. The number of aromatic nitrogens is 1. The normalized spacial score (nSPS) is 17.6. The third kappa shape index (κ3) is 3.54. The van der Waals surface area contributed by atoms with E-state index in [2.05, 4.69) is 9.88 Å². The maximum Gasteiger partial charge on any atom is 0.347 e. The van der Waals surface area contributed by atoms with Gasteiger partial charge in [-0.15, -0.1) is 11.3 Å². The fourth-order valence-electron chi connectivity index (χ4n) is 2.39. The molecule has 1 aliphatic heterocycles. The van der Waals surface area contributed by atoms with Crippen molar-refractivity contribution in [2.45, 2.75) is 52.0 Å². The van der Waals surface area contributed by atoms with Crippen LogP contribution in [0.4, 0.5) is 0 Å². The Labute approximate surface area is 118 Å². The summed E-state index contributed by atoms with van der Waals surface area (Å²) >= 11 is 1.34. The molecule has 0 amide bonds. The molecule has 4 nitrogen and oxygen atoms in total. The molecular weight excluding hydrogens is 260 g/mol. The van der Waals surface area contributed by atoms with Crippen molar-refractivity contribution in [1.82, 2.24) is 9.88 Å². The van der Waals surface area contributed by atoms with E-state index in [4.69, 9.17) is 0 Å². The molecule has 0 aromatic carbocycles. The zero-order chi connectivity index (χ0) is 14.0. The smallest absolute Gasteiger partial charge is 0.347 e. The van der Waals surface area contributed by atoms with E-state index in [0.717, 1.165) is 30.3 Å². The molecule has 2 heterocycles. The summed E-state index contributed by atoms with van der Waals surface area (Å²) in [7, 11) is 0. The van der Waals surface area contributed by atoms with Crippen LogP contribution in [0, 0.1) is 0 Å². The molecule has 1 N–H and O–H groups in total. The maximum atomic E-state index is 11.3. The van der Waals surface area contributed by atoms with Gasteiger partial charge in [0.05, 0.1) is 12.2 Å². The van der Waals surface area contributed by atoms with E-state index in [1.807, 2.05) is 20.8 Å². The second-order valence-corrected chi connectivity index (χ2v) is 7.26. The van der Waals surface area contributed by atoms with Gasteiger partial charge >= 0.3 is 5.97 Å². The summed E-state index contributed by atoms with van der Waals surface area (Å²) in [6.07, 6.45) is 3.79. The molecule has 1 aromatic heterocycles. The predicted molar refractivity (Wildman–Crippen MR) is 76.9 cm³/mol. The summed E-state index contributed by atoms with van der Waals surface area (Å²) in [5.74, 6) is -0.854. The largest absolute Gasteiger partial charge is 0.477 e. The van der Waals surface area contributed by atoms with Gasteiger partial charge in [-0.25, -0.2) is 9.78 Å². The number of carbonyl (C=O) groups is 1. The number of aromatic carboxylic acids is 1. The van der Waals surface area contributed by atoms with E-state index in [1.165, 1.54) is 30.6 Å². The molecule has 0 atom stereocenters. The molecule has 1 saturated heterocycles. The van der Waals surface area contributed by atoms with E-state index in [1.54, 1.807) is 0 Å². The summed E-state index contributed by atoms with van der Waals surface area (Å²) in [5.41, 5.74) is 0.502. The van der Waals surface area contributed by atoms with Crippen LogP contribution in [0.3, 0.4) is 0 Å². The van der Waals surface area contributed by atoms with Gasteiger partial charge in [-0.3, -0.25) is 4.90 Å². The summed E-state index contributed by atoms with van der Waals surface area (Å²) in [6, 6.07) is 0. The van der Waals surface area contributed by atoms with Crippen molar-refractivity contribution < 1.29 is 9.90 Å². The van der Waals surface area contributed by atoms with Crippen molar-refractivity contribution in [1.29, 1.82) is 0 Å². The molecule has 1 aliphatic rings. The van der Waals surface area contributed by atoms with E-state index in [0.29, 0.717) is 4.88 Å². The molecule has 0 aliphatic carbocycles. The van der Waals surface area contributed by atoms with Gasteiger partial charge < -0.3 is 5.11 Å². The van der Waals surface area contributed by atoms with Crippen LogP contribution in [0.15, 0.2) is 0 Å². The lowest BCUT2D eigenvalue weighted by molar-refractivity contribution is 0.0699. The molecule has 5 heteroatoms. The number of hydrogen-bond acceptors (Lipinski definition) is 4. The maximum absolute atomic E-state index is 11.3. The first-order chi connectivity index (χ1) is 8.88. The van der Waals surface area contributed by atoms with E-state index in [-0.39, 0.29) is 5.41 Å². The second kappa shape index (κ2) is 5.59. The Morgan fingerprint density at radius 1 is 1.32 bits per heavy atom. The van der Waals surface area contributed by atoms with Crippen molar-refractivity contribution in [3.05, 3.63) is 15.6 Å². The lowest BCUT2D eigenvalue weighted by Gasteiger charge is -2.25. The van der Waals surface area contributed by atoms with E-state index < -0.39 is 5.97 Å². The number of carboxylic acid groups (broad SMARTS) is 1. The zero-order valence-corrected chi connectivity index (χ0v) is 12.7. The van der Waals surface area contributed by atoms with E-state index in [9.17, 15) is 9.90 Å². The number of rotatable bonds is 3. The second-order valence-electron chi connectivity index (χ2n) is 6.18. The number of carboxylic acids is 1. The first-order valence-electron chi connectivity index (χ1n) is 6.84. The molecule has 0 saturated carbocycles. The first-order valence-corrected chi connectivity index (χ1v) is 7.65. The molecule has 0 unspecified atom stereocenters. The Hall–Kier alpha value is -0.940. The topological polar surface area (TPSA) is 53.4 Å². The van der Waals surface area contributed by atoms with Gasteiger partial charge in [0.25, 0.3) is 0 Å². The number of nitrogens with zero attached hydrogens (tertiary/aromatic N) is 2. The third-order valence-electron chi connectivity index (χ3n) is 3.38. The Morgan fingerprint density at radius 3 is 2.42 bits per heavy atom. The number of hydrogen-bond donors (Lipinski definition) is 1. The van der Waals surface area contributed by atoms with Gasteiger partial charge in [0, 0.05) is 5.41 Å². The van der Waals surface area contributed by atoms with Crippen LogP contribution in [0.5, 0.6) is 0 Å². The minimum atomic E-state index is -0.854. The zero-order valence-electron chi connectivity index (χ0n) is 11.9. The molecule has 0 radical (unpaired) electrons. The SMILES string of the molecule is CC(C)(C)c1nc(CN2CCCCC2)sc1C(=O)O. The van der Waals surface area contributed by atoms with Gasteiger partial charge in [-0.1, -0.05) is 27.2 Å². The fourth-order valence-corrected chi connectivity index (χ4v) is 3.55. The van der Waals surface area contributed by atoms with Crippen LogP contribution >= 0.6 is 11.3 Å². The van der Waals surface area contributed by atoms with Crippen LogP contribution in [0.2, 0.25) is 0 Å². The first kappa shape index (κ1) is 14.5. The minimum Gasteiger partial charge on any atom is -0.477 e. The third-order valence-corrected chi connectivity index (χ3v) is 4.41. The van der Waals surface area contributed by atoms with Crippen LogP contribution < -0.4 is 0 Å². The van der Waals surface area contributed by atoms with Gasteiger partial charge in [0.15, 0.2) is 0 Å². The standard InChI is InChI=1S/C14H22N2O2S/c1-14(2,3)12-11(13(17)18)19-10(15-12)9-16-7-5-4-6-8-16/h4-9H2,1-3H3,(H,17,18). The molecule has 1 aromatic rings. The van der Waals surface area contributed by atoms with Crippen molar-refractivity contribution >= 4 is 17.3 Å². The van der Waals surface area contributed by atoms with Crippen molar-refractivity contribution in [2.75, 3.05) is 13.1 Å². The van der Waals surface area contributed by atoms with Gasteiger partial charge in [-0.05, 0) is 25.9 Å².